The average molecular weight is 796 g/mol. The van der Waals surface area contributed by atoms with E-state index in [9.17, 15) is 14.4 Å². The molecule has 0 aromatic rings. The summed E-state index contributed by atoms with van der Waals surface area (Å²) in [5.74, 6) is -0.323. The molecule has 0 spiro atoms. The van der Waals surface area contributed by atoms with E-state index in [0.29, 0.717) is 12.8 Å². The molecule has 1 aliphatic heterocycles. The van der Waals surface area contributed by atoms with Crippen LogP contribution in [0.3, 0.4) is 0 Å². The molecule has 1 N–H and O–H groups in total. The lowest BCUT2D eigenvalue weighted by molar-refractivity contribution is -0.158. The Kier molecular flexibility index (Phi) is 35.1. The normalized spacial score (nSPS) is 13.9. The molecular weight excluding hydrogens is 707 g/mol. The number of piperidine rings is 1. The Hall–Kier alpha value is -1.71. The number of ether oxygens (including phenoxy) is 4. The maximum Gasteiger partial charge on any atom is 0.332 e. The number of aliphatic hydroxyl groups is 1. The van der Waals surface area contributed by atoms with Crippen molar-refractivity contribution >= 4 is 17.9 Å². The molecule has 330 valence electrons. The van der Waals surface area contributed by atoms with Gasteiger partial charge in [-0.3, -0.25) is 9.59 Å². The molecule has 9 nitrogen and oxygen atoms in total. The number of rotatable bonds is 39. The molecule has 1 heterocycles. The number of carbonyl (C=O) groups is 3. The fourth-order valence-electron chi connectivity index (χ4n) is 7.70. The number of unbranched alkanes of at least 4 members (excludes halogenated alkanes) is 14. The second-order valence-electron chi connectivity index (χ2n) is 16.7. The van der Waals surface area contributed by atoms with Crippen molar-refractivity contribution in [2.45, 2.75) is 251 Å². The molecule has 0 bridgehead atoms. The van der Waals surface area contributed by atoms with Gasteiger partial charge >= 0.3 is 17.9 Å². The minimum absolute atomic E-state index is 0.0125. The number of aliphatic hydroxyl groups excluding tert-OH is 1. The largest absolute Gasteiger partial charge is 0.462 e. The predicted molar refractivity (Wildman–Crippen MR) is 229 cm³/mol. The van der Waals surface area contributed by atoms with Gasteiger partial charge in [-0.05, 0) is 83.5 Å². The maximum absolute atomic E-state index is 12.9. The molecule has 0 atom stereocenters. The molecule has 0 aliphatic carbocycles. The van der Waals surface area contributed by atoms with Crippen molar-refractivity contribution in [1.29, 1.82) is 0 Å². The number of nitrogens with zero attached hydrogens (tertiary/aromatic N) is 1. The average Bonchev–Trinajstić information content (AvgIpc) is 3.20. The molecule has 9 heteroatoms. The molecule has 0 aromatic carbocycles. The first-order valence-corrected chi connectivity index (χ1v) is 23.9. The third-order valence-corrected chi connectivity index (χ3v) is 11.3. The molecule has 1 aliphatic rings. The first-order valence-electron chi connectivity index (χ1n) is 23.9. The Morgan fingerprint density at radius 2 is 0.857 bits per heavy atom. The van der Waals surface area contributed by atoms with Crippen molar-refractivity contribution in [3.8, 4) is 0 Å². The van der Waals surface area contributed by atoms with Crippen molar-refractivity contribution in [3.05, 3.63) is 0 Å². The highest BCUT2D eigenvalue weighted by Gasteiger charge is 2.22. The van der Waals surface area contributed by atoms with Gasteiger partial charge in [-0.2, -0.15) is 0 Å². The number of carbonyl (C=O) groups excluding carboxylic acids is 3. The summed E-state index contributed by atoms with van der Waals surface area (Å²) in [7, 11) is 0. The minimum Gasteiger partial charge on any atom is -0.462 e. The van der Waals surface area contributed by atoms with E-state index in [-0.39, 0.29) is 55.5 Å². The summed E-state index contributed by atoms with van der Waals surface area (Å²) in [4.78, 5) is 40.2. The van der Waals surface area contributed by atoms with Crippen molar-refractivity contribution in [2.24, 2.45) is 0 Å². The van der Waals surface area contributed by atoms with Gasteiger partial charge in [-0.1, -0.05) is 130 Å². The number of esters is 3. The molecule has 1 rings (SSSR count). The number of likely N-dealkylation sites (tertiary alicyclic amines) is 1. The van der Waals surface area contributed by atoms with Gasteiger partial charge in [0.05, 0.1) is 6.10 Å². The second kappa shape index (κ2) is 37.6. The van der Waals surface area contributed by atoms with Crippen LogP contribution in [0.15, 0.2) is 0 Å². The van der Waals surface area contributed by atoms with E-state index in [0.717, 1.165) is 206 Å². The third-order valence-electron chi connectivity index (χ3n) is 11.3. The summed E-state index contributed by atoms with van der Waals surface area (Å²) in [5.41, 5.74) is 0. The third kappa shape index (κ3) is 30.4. The SMILES string of the molecule is CCCCC(CCCC)OC(=O)CCCCCCCCC(CCCCCCCCC(=O)OC(CCCC)CCCC)OC(=O)COC1CCN(CCCO)CC1. The standard InChI is InChI=1S/C47H89NO8/c1-5-9-26-42(27-10-6-2)54-45(50)32-23-19-15-13-17-21-30-44(56-47(52)40-53-41-34-37-48(38-35-41)36-25-39-49)31-22-18-14-16-20-24-33-46(51)55-43(28-11-7-3)29-12-8-4/h41-44,49H,5-40H2,1-4H3. The van der Waals surface area contributed by atoms with Crippen LogP contribution in [0.5, 0.6) is 0 Å². The first kappa shape index (κ1) is 52.3. The Balaban J connectivity index is 2.39. The quantitative estimate of drug-likeness (QED) is 0.0369. The molecule has 0 amide bonds. The summed E-state index contributed by atoms with van der Waals surface area (Å²) in [6.45, 7) is 11.7. The summed E-state index contributed by atoms with van der Waals surface area (Å²) in [6.07, 6.45) is 31.0. The van der Waals surface area contributed by atoms with E-state index < -0.39 is 0 Å². The van der Waals surface area contributed by atoms with E-state index in [2.05, 4.69) is 32.6 Å². The molecule has 0 saturated carbocycles. The van der Waals surface area contributed by atoms with Crippen molar-refractivity contribution in [2.75, 3.05) is 32.8 Å². The van der Waals surface area contributed by atoms with Gasteiger partial charge in [-0.25, -0.2) is 4.79 Å². The van der Waals surface area contributed by atoms with Gasteiger partial charge in [0.25, 0.3) is 0 Å². The lowest BCUT2D eigenvalue weighted by Crippen LogP contribution is -2.38. The van der Waals surface area contributed by atoms with Crippen LogP contribution in [-0.4, -0.2) is 85.2 Å². The van der Waals surface area contributed by atoms with Crippen LogP contribution in [0.4, 0.5) is 0 Å². The molecule has 0 aromatic heterocycles. The van der Waals surface area contributed by atoms with Gasteiger partial charge in [0, 0.05) is 39.1 Å². The number of hydrogen-bond acceptors (Lipinski definition) is 9. The fraction of sp³-hybridized carbons (Fsp3) is 0.936. The molecule has 1 fully saturated rings. The summed E-state index contributed by atoms with van der Waals surface area (Å²) < 4.78 is 23.6. The topological polar surface area (TPSA) is 112 Å². The monoisotopic (exact) mass is 796 g/mol. The summed E-state index contributed by atoms with van der Waals surface area (Å²) in [6, 6.07) is 0. The molecule has 0 unspecified atom stereocenters. The minimum atomic E-state index is -0.255. The first-order chi connectivity index (χ1) is 27.3. The zero-order valence-corrected chi connectivity index (χ0v) is 37.0. The van der Waals surface area contributed by atoms with Crippen LogP contribution in [-0.2, 0) is 33.3 Å². The van der Waals surface area contributed by atoms with Crippen LogP contribution >= 0.6 is 0 Å². The fourth-order valence-corrected chi connectivity index (χ4v) is 7.70. The van der Waals surface area contributed by atoms with Crippen molar-refractivity contribution in [1.82, 2.24) is 4.90 Å². The molecule has 1 saturated heterocycles. The lowest BCUT2D eigenvalue weighted by atomic mass is 10.0. The van der Waals surface area contributed by atoms with Crippen LogP contribution < -0.4 is 0 Å². The van der Waals surface area contributed by atoms with Crippen LogP contribution in [0.25, 0.3) is 0 Å². The van der Waals surface area contributed by atoms with Gasteiger partial charge in [-0.15, -0.1) is 0 Å². The van der Waals surface area contributed by atoms with Crippen molar-refractivity contribution < 1.29 is 38.4 Å². The smallest absolute Gasteiger partial charge is 0.332 e. The summed E-state index contributed by atoms with van der Waals surface area (Å²) in [5, 5.41) is 9.11. The molecule has 0 radical (unpaired) electrons. The van der Waals surface area contributed by atoms with Crippen LogP contribution in [0.2, 0.25) is 0 Å². The van der Waals surface area contributed by atoms with E-state index in [1.165, 1.54) is 0 Å². The Bertz CT molecular complexity index is 858. The number of hydrogen-bond donors (Lipinski definition) is 1. The van der Waals surface area contributed by atoms with E-state index >= 15 is 0 Å². The predicted octanol–water partition coefficient (Wildman–Crippen LogP) is 11.6. The zero-order chi connectivity index (χ0) is 40.9. The van der Waals surface area contributed by atoms with E-state index in [4.69, 9.17) is 24.1 Å². The van der Waals surface area contributed by atoms with Gasteiger partial charge < -0.3 is 29.0 Å². The zero-order valence-electron chi connectivity index (χ0n) is 37.0. The second-order valence-corrected chi connectivity index (χ2v) is 16.7. The highest BCUT2D eigenvalue weighted by atomic mass is 16.6. The Morgan fingerprint density at radius 3 is 1.25 bits per heavy atom. The van der Waals surface area contributed by atoms with Gasteiger partial charge in [0.1, 0.15) is 24.9 Å². The lowest BCUT2D eigenvalue weighted by Gasteiger charge is -2.31. The molecular formula is C47H89NO8. The van der Waals surface area contributed by atoms with Gasteiger partial charge in [0.2, 0.25) is 0 Å². The van der Waals surface area contributed by atoms with Crippen LogP contribution in [0, 0.1) is 0 Å². The van der Waals surface area contributed by atoms with Gasteiger partial charge in [0.15, 0.2) is 0 Å². The van der Waals surface area contributed by atoms with E-state index in [1.54, 1.807) is 0 Å². The Morgan fingerprint density at radius 1 is 0.500 bits per heavy atom. The van der Waals surface area contributed by atoms with Crippen molar-refractivity contribution in [3.63, 3.8) is 0 Å². The highest BCUT2D eigenvalue weighted by molar-refractivity contribution is 5.71. The summed E-state index contributed by atoms with van der Waals surface area (Å²) >= 11 is 0. The Labute approximate surface area is 344 Å². The highest BCUT2D eigenvalue weighted by Crippen LogP contribution is 2.20. The molecule has 56 heavy (non-hydrogen) atoms. The van der Waals surface area contributed by atoms with E-state index in [1.807, 2.05) is 0 Å². The van der Waals surface area contributed by atoms with Crippen LogP contribution in [0.1, 0.15) is 227 Å². The maximum atomic E-state index is 12.9.